The van der Waals surface area contributed by atoms with E-state index >= 15 is 0 Å². The molecule has 0 unspecified atom stereocenters. The Morgan fingerprint density at radius 2 is 2.14 bits per heavy atom. The summed E-state index contributed by atoms with van der Waals surface area (Å²) in [4.78, 5) is 14.0. The number of carbonyl (C=O) groups excluding carboxylic acids is 1. The van der Waals surface area contributed by atoms with Crippen LogP contribution >= 0.6 is 0 Å². The Kier molecular flexibility index (Phi) is 4.75. The summed E-state index contributed by atoms with van der Waals surface area (Å²) in [5, 5.41) is 7.23. The van der Waals surface area contributed by atoms with E-state index in [0.29, 0.717) is 13.1 Å². The minimum atomic E-state index is -0.00959. The number of benzene rings is 1. The first kappa shape index (κ1) is 15.3. The number of nitrogens with zero attached hydrogens (tertiary/aromatic N) is 3. The fraction of sp³-hybridized carbons (Fsp3) is 0.375. The van der Waals surface area contributed by atoms with Gasteiger partial charge in [-0.15, -0.1) is 0 Å². The predicted octanol–water partition coefficient (Wildman–Crippen LogP) is 2.11. The van der Waals surface area contributed by atoms with Crippen molar-refractivity contribution in [1.82, 2.24) is 14.7 Å². The third-order valence-corrected chi connectivity index (χ3v) is 3.27. The fourth-order valence-corrected chi connectivity index (χ4v) is 2.32. The van der Waals surface area contributed by atoms with Gasteiger partial charge in [-0.25, -0.2) is 0 Å². The zero-order chi connectivity index (χ0) is 15.4. The molecule has 0 bridgehead atoms. The summed E-state index contributed by atoms with van der Waals surface area (Å²) < 4.78 is 1.80. The molecule has 21 heavy (non-hydrogen) atoms. The Balaban J connectivity index is 1.89. The SMILES string of the molecule is Cc1cccc(NC(=O)CN(C)Cc2cn(C)nc2C)c1. The Morgan fingerprint density at radius 3 is 2.76 bits per heavy atom. The van der Waals surface area contributed by atoms with Crippen LogP contribution in [0.1, 0.15) is 16.8 Å². The van der Waals surface area contributed by atoms with Gasteiger partial charge in [0.1, 0.15) is 0 Å². The van der Waals surface area contributed by atoms with Crippen LogP contribution in [0.25, 0.3) is 0 Å². The summed E-state index contributed by atoms with van der Waals surface area (Å²) in [5.41, 5.74) is 4.12. The second-order valence-electron chi connectivity index (χ2n) is 5.50. The lowest BCUT2D eigenvalue weighted by Gasteiger charge is -2.16. The molecule has 1 aromatic heterocycles. The van der Waals surface area contributed by atoms with E-state index in [-0.39, 0.29) is 5.91 Å². The molecule has 1 amide bonds. The molecule has 0 saturated heterocycles. The van der Waals surface area contributed by atoms with E-state index < -0.39 is 0 Å². The number of hydrogen-bond donors (Lipinski definition) is 1. The summed E-state index contributed by atoms with van der Waals surface area (Å²) in [6.45, 7) is 5.05. The summed E-state index contributed by atoms with van der Waals surface area (Å²) in [6, 6.07) is 7.81. The van der Waals surface area contributed by atoms with Crippen LogP contribution in [0.3, 0.4) is 0 Å². The van der Waals surface area contributed by atoms with E-state index in [1.54, 1.807) is 4.68 Å². The van der Waals surface area contributed by atoms with Crippen LogP contribution < -0.4 is 5.32 Å². The molecule has 2 aromatic rings. The minimum Gasteiger partial charge on any atom is -0.325 e. The number of amides is 1. The maximum Gasteiger partial charge on any atom is 0.238 e. The summed E-state index contributed by atoms with van der Waals surface area (Å²) in [5.74, 6) is -0.00959. The third kappa shape index (κ3) is 4.43. The van der Waals surface area contributed by atoms with Crippen molar-refractivity contribution < 1.29 is 4.79 Å². The molecule has 0 aliphatic carbocycles. The lowest BCUT2D eigenvalue weighted by molar-refractivity contribution is -0.117. The quantitative estimate of drug-likeness (QED) is 0.916. The highest BCUT2D eigenvalue weighted by Gasteiger charge is 2.10. The van der Waals surface area contributed by atoms with E-state index in [0.717, 1.165) is 22.5 Å². The second kappa shape index (κ2) is 6.54. The number of hydrogen-bond acceptors (Lipinski definition) is 3. The van der Waals surface area contributed by atoms with Crippen molar-refractivity contribution in [2.75, 3.05) is 18.9 Å². The van der Waals surface area contributed by atoms with Crippen LogP contribution in [0.2, 0.25) is 0 Å². The lowest BCUT2D eigenvalue weighted by Crippen LogP contribution is -2.29. The molecular formula is C16H22N4O. The van der Waals surface area contributed by atoms with Crippen LogP contribution in [0, 0.1) is 13.8 Å². The van der Waals surface area contributed by atoms with E-state index in [9.17, 15) is 4.79 Å². The average molecular weight is 286 g/mol. The molecular weight excluding hydrogens is 264 g/mol. The zero-order valence-electron chi connectivity index (χ0n) is 13.1. The summed E-state index contributed by atoms with van der Waals surface area (Å²) >= 11 is 0. The molecule has 0 aliphatic rings. The van der Waals surface area contributed by atoms with Crippen LogP contribution in [-0.2, 0) is 18.4 Å². The van der Waals surface area contributed by atoms with Crippen molar-refractivity contribution in [3.8, 4) is 0 Å². The molecule has 112 valence electrons. The van der Waals surface area contributed by atoms with E-state index in [1.165, 1.54) is 0 Å². The number of aromatic nitrogens is 2. The van der Waals surface area contributed by atoms with Gasteiger partial charge in [0, 0.05) is 31.0 Å². The largest absolute Gasteiger partial charge is 0.325 e. The van der Waals surface area contributed by atoms with Crippen molar-refractivity contribution in [3.63, 3.8) is 0 Å². The molecule has 2 rings (SSSR count). The smallest absolute Gasteiger partial charge is 0.238 e. The summed E-state index contributed by atoms with van der Waals surface area (Å²) in [6.07, 6.45) is 1.99. The van der Waals surface area contributed by atoms with E-state index in [1.807, 2.05) is 63.3 Å². The third-order valence-electron chi connectivity index (χ3n) is 3.27. The summed E-state index contributed by atoms with van der Waals surface area (Å²) in [7, 11) is 3.84. The molecule has 0 fully saturated rings. The van der Waals surface area contributed by atoms with Crippen molar-refractivity contribution in [2.45, 2.75) is 20.4 Å². The first-order valence-corrected chi connectivity index (χ1v) is 6.98. The number of aryl methyl sites for hydroxylation is 3. The van der Waals surface area contributed by atoms with Gasteiger partial charge in [-0.3, -0.25) is 14.4 Å². The van der Waals surface area contributed by atoms with Gasteiger partial charge in [-0.1, -0.05) is 12.1 Å². The van der Waals surface area contributed by atoms with Gasteiger partial charge in [-0.2, -0.15) is 5.10 Å². The van der Waals surface area contributed by atoms with Gasteiger partial charge in [0.05, 0.1) is 12.2 Å². The number of rotatable bonds is 5. The molecule has 1 aromatic carbocycles. The van der Waals surface area contributed by atoms with Gasteiger partial charge >= 0.3 is 0 Å². The lowest BCUT2D eigenvalue weighted by atomic mass is 10.2. The van der Waals surface area contributed by atoms with E-state index in [4.69, 9.17) is 0 Å². The van der Waals surface area contributed by atoms with E-state index in [2.05, 4.69) is 10.4 Å². The van der Waals surface area contributed by atoms with Crippen LogP contribution in [0.15, 0.2) is 30.5 Å². The average Bonchev–Trinajstić information content (AvgIpc) is 2.67. The molecule has 5 heteroatoms. The maximum absolute atomic E-state index is 12.0. The molecule has 0 saturated carbocycles. The van der Waals surface area contributed by atoms with Gasteiger partial charge in [0.25, 0.3) is 0 Å². The zero-order valence-corrected chi connectivity index (χ0v) is 13.1. The standard InChI is InChI=1S/C16H22N4O/c1-12-6-5-7-15(8-12)17-16(21)11-19(3)9-14-10-20(4)18-13(14)2/h5-8,10H,9,11H2,1-4H3,(H,17,21). The van der Waals surface area contributed by atoms with Crippen LogP contribution in [0.4, 0.5) is 5.69 Å². The highest BCUT2D eigenvalue weighted by atomic mass is 16.2. The number of anilines is 1. The first-order valence-electron chi connectivity index (χ1n) is 6.98. The molecule has 0 spiro atoms. The number of likely N-dealkylation sites (N-methyl/N-ethyl adjacent to an activating group) is 1. The maximum atomic E-state index is 12.0. The van der Waals surface area contributed by atoms with Crippen LogP contribution in [-0.4, -0.2) is 34.2 Å². The molecule has 5 nitrogen and oxygen atoms in total. The fourth-order valence-electron chi connectivity index (χ4n) is 2.32. The van der Waals surface area contributed by atoms with Crippen molar-refractivity contribution >= 4 is 11.6 Å². The van der Waals surface area contributed by atoms with Crippen molar-refractivity contribution in [2.24, 2.45) is 7.05 Å². The van der Waals surface area contributed by atoms with Crippen molar-refractivity contribution in [3.05, 3.63) is 47.3 Å². The predicted molar refractivity (Wildman–Crippen MR) is 84.1 cm³/mol. The monoisotopic (exact) mass is 286 g/mol. The van der Waals surface area contributed by atoms with Crippen LogP contribution in [0.5, 0.6) is 0 Å². The Labute approximate surface area is 125 Å². The Bertz CT molecular complexity index is 633. The molecule has 1 heterocycles. The Morgan fingerprint density at radius 1 is 1.38 bits per heavy atom. The molecule has 0 radical (unpaired) electrons. The normalized spacial score (nSPS) is 10.9. The highest BCUT2D eigenvalue weighted by molar-refractivity contribution is 5.92. The molecule has 0 atom stereocenters. The van der Waals surface area contributed by atoms with Crippen molar-refractivity contribution in [1.29, 1.82) is 0 Å². The molecule has 0 aliphatic heterocycles. The number of carbonyl (C=O) groups is 1. The van der Waals surface area contributed by atoms with Gasteiger partial charge in [0.2, 0.25) is 5.91 Å². The number of nitrogens with one attached hydrogen (secondary N) is 1. The first-order chi connectivity index (χ1) is 9.94. The van der Waals surface area contributed by atoms with Gasteiger partial charge in [0.15, 0.2) is 0 Å². The highest BCUT2D eigenvalue weighted by Crippen LogP contribution is 2.10. The molecule has 1 N–H and O–H groups in total. The van der Waals surface area contributed by atoms with Gasteiger partial charge < -0.3 is 5.32 Å². The van der Waals surface area contributed by atoms with Gasteiger partial charge in [-0.05, 0) is 38.6 Å². The minimum absolute atomic E-state index is 0.00959. The second-order valence-corrected chi connectivity index (χ2v) is 5.50. The Hall–Kier alpha value is -2.14. The topological polar surface area (TPSA) is 50.2 Å².